The zero-order chi connectivity index (χ0) is 17.3. The molecule has 0 atom stereocenters. The van der Waals surface area contributed by atoms with Gasteiger partial charge in [-0.2, -0.15) is 0 Å². The molecule has 3 aromatic rings. The molecule has 25 heavy (non-hydrogen) atoms. The first-order valence-corrected chi connectivity index (χ1v) is 8.20. The highest BCUT2D eigenvalue weighted by Crippen LogP contribution is 2.17. The van der Waals surface area contributed by atoms with E-state index in [1.807, 2.05) is 54.6 Å². The van der Waals surface area contributed by atoms with E-state index in [2.05, 4.69) is 15.5 Å². The highest BCUT2D eigenvalue weighted by Gasteiger charge is 2.07. The molecule has 0 unspecified atom stereocenters. The number of nitrogens with one attached hydrogen (secondary N) is 1. The van der Waals surface area contributed by atoms with Crippen molar-refractivity contribution in [2.24, 2.45) is 0 Å². The van der Waals surface area contributed by atoms with Gasteiger partial charge >= 0.3 is 0 Å². The Hall–Kier alpha value is -2.86. The van der Waals surface area contributed by atoms with Gasteiger partial charge in [0.05, 0.1) is 7.11 Å². The predicted molar refractivity (Wildman–Crippen MR) is 94.8 cm³/mol. The Bertz CT molecular complexity index is 757. The van der Waals surface area contributed by atoms with Gasteiger partial charge in [0, 0.05) is 25.1 Å². The topological polar surface area (TPSA) is 69.4 Å². The van der Waals surface area contributed by atoms with Gasteiger partial charge in [-0.05, 0) is 36.4 Å². The van der Waals surface area contributed by atoms with E-state index < -0.39 is 0 Å². The number of ether oxygens (including phenoxy) is 2. The van der Waals surface area contributed by atoms with Crippen molar-refractivity contribution in [3.63, 3.8) is 0 Å². The van der Waals surface area contributed by atoms with E-state index in [0.717, 1.165) is 30.2 Å². The molecule has 0 spiro atoms. The molecule has 1 N–H and O–H groups in total. The molecule has 0 aliphatic heterocycles. The Morgan fingerprint density at radius 1 is 0.920 bits per heavy atom. The van der Waals surface area contributed by atoms with Crippen molar-refractivity contribution in [1.29, 1.82) is 0 Å². The van der Waals surface area contributed by atoms with Crippen LogP contribution in [0.3, 0.4) is 0 Å². The first-order chi connectivity index (χ1) is 12.3. The minimum absolute atomic E-state index is 0.554. The summed E-state index contributed by atoms with van der Waals surface area (Å²) in [6, 6.07) is 17.3. The number of methoxy groups -OCH3 is 1. The van der Waals surface area contributed by atoms with Gasteiger partial charge in [0.1, 0.15) is 18.1 Å². The molecule has 0 saturated carbocycles. The summed E-state index contributed by atoms with van der Waals surface area (Å²) in [6.45, 7) is 2.08. The zero-order valence-electron chi connectivity index (χ0n) is 14.1. The molecule has 0 fully saturated rings. The van der Waals surface area contributed by atoms with Crippen LogP contribution in [0, 0.1) is 0 Å². The van der Waals surface area contributed by atoms with Crippen LogP contribution < -0.4 is 14.8 Å². The maximum Gasteiger partial charge on any atom is 0.247 e. The van der Waals surface area contributed by atoms with E-state index in [9.17, 15) is 0 Å². The van der Waals surface area contributed by atoms with Crippen LogP contribution in [0.2, 0.25) is 0 Å². The first-order valence-electron chi connectivity index (χ1n) is 8.20. The fourth-order valence-corrected chi connectivity index (χ4v) is 2.29. The van der Waals surface area contributed by atoms with E-state index in [-0.39, 0.29) is 0 Å². The fourth-order valence-electron chi connectivity index (χ4n) is 2.29. The lowest BCUT2D eigenvalue weighted by molar-refractivity contribution is 0.313. The molecule has 0 aliphatic carbocycles. The number of aromatic nitrogens is 2. The minimum atomic E-state index is 0.554. The monoisotopic (exact) mass is 339 g/mol. The number of hydrogen-bond donors (Lipinski definition) is 1. The van der Waals surface area contributed by atoms with Crippen LogP contribution in [-0.2, 0) is 6.42 Å². The van der Waals surface area contributed by atoms with Crippen molar-refractivity contribution in [2.45, 2.75) is 6.42 Å². The Morgan fingerprint density at radius 3 is 2.44 bits per heavy atom. The molecule has 0 aliphatic rings. The van der Waals surface area contributed by atoms with Gasteiger partial charge in [0.25, 0.3) is 0 Å². The summed E-state index contributed by atoms with van der Waals surface area (Å²) in [5.41, 5.74) is 0.933. The van der Waals surface area contributed by atoms with Crippen LogP contribution in [-0.4, -0.2) is 37.0 Å². The smallest absolute Gasteiger partial charge is 0.247 e. The summed E-state index contributed by atoms with van der Waals surface area (Å²) in [4.78, 5) is 0. The minimum Gasteiger partial charge on any atom is -0.497 e. The van der Waals surface area contributed by atoms with Crippen LogP contribution in [0.15, 0.2) is 59.0 Å². The number of hydrogen-bond acceptors (Lipinski definition) is 6. The average molecular weight is 339 g/mol. The van der Waals surface area contributed by atoms with Crippen molar-refractivity contribution in [1.82, 2.24) is 15.5 Å². The fraction of sp³-hybridized carbons (Fsp3) is 0.263. The van der Waals surface area contributed by atoms with Gasteiger partial charge in [0.2, 0.25) is 11.8 Å². The molecule has 0 saturated heterocycles. The second-order valence-corrected chi connectivity index (χ2v) is 5.39. The van der Waals surface area contributed by atoms with Gasteiger partial charge in [-0.3, -0.25) is 0 Å². The zero-order valence-corrected chi connectivity index (χ0v) is 14.1. The molecule has 0 amide bonds. The molecule has 0 radical (unpaired) electrons. The van der Waals surface area contributed by atoms with Gasteiger partial charge in [-0.25, -0.2) is 0 Å². The molecule has 6 heteroatoms. The van der Waals surface area contributed by atoms with Gasteiger partial charge < -0.3 is 19.2 Å². The largest absolute Gasteiger partial charge is 0.497 e. The number of benzene rings is 2. The summed E-state index contributed by atoms with van der Waals surface area (Å²) in [5, 5.41) is 11.4. The molecular weight excluding hydrogens is 318 g/mol. The number of rotatable bonds is 9. The van der Waals surface area contributed by atoms with Crippen molar-refractivity contribution >= 4 is 0 Å². The third kappa shape index (κ3) is 5.06. The quantitative estimate of drug-likeness (QED) is 0.605. The highest BCUT2D eigenvalue weighted by molar-refractivity contribution is 5.51. The summed E-state index contributed by atoms with van der Waals surface area (Å²) >= 11 is 0. The van der Waals surface area contributed by atoms with Gasteiger partial charge in [-0.15, -0.1) is 10.2 Å². The SMILES string of the molecule is COc1ccc(OCCNCCc2nnc(-c3ccccc3)o2)cc1. The van der Waals surface area contributed by atoms with Crippen molar-refractivity contribution in [3.05, 3.63) is 60.5 Å². The van der Waals surface area contributed by atoms with E-state index in [0.29, 0.717) is 24.8 Å². The molecular formula is C19H21N3O3. The number of nitrogens with zero attached hydrogens (tertiary/aromatic N) is 2. The van der Waals surface area contributed by atoms with E-state index in [4.69, 9.17) is 13.9 Å². The second-order valence-electron chi connectivity index (χ2n) is 5.39. The normalized spacial score (nSPS) is 10.6. The van der Waals surface area contributed by atoms with Crippen LogP contribution in [0.5, 0.6) is 11.5 Å². The van der Waals surface area contributed by atoms with E-state index in [1.165, 1.54) is 0 Å². The molecule has 0 bridgehead atoms. The second kappa shape index (κ2) is 8.84. The third-order valence-electron chi connectivity index (χ3n) is 3.61. The molecule has 6 nitrogen and oxygen atoms in total. The standard InChI is InChI=1S/C19H21N3O3/c1-23-16-7-9-17(10-8-16)24-14-13-20-12-11-18-21-22-19(25-18)15-5-3-2-4-6-15/h2-10,20H,11-14H2,1H3. The lowest BCUT2D eigenvalue weighted by atomic mass is 10.2. The van der Waals surface area contributed by atoms with Gasteiger partial charge in [-0.1, -0.05) is 18.2 Å². The summed E-state index contributed by atoms with van der Waals surface area (Å²) in [5.74, 6) is 2.83. The lowest BCUT2D eigenvalue weighted by Gasteiger charge is -2.07. The van der Waals surface area contributed by atoms with Crippen molar-refractivity contribution < 1.29 is 13.9 Å². The maximum absolute atomic E-state index is 5.66. The lowest BCUT2D eigenvalue weighted by Crippen LogP contribution is -2.23. The Balaban J connectivity index is 1.34. The Kier molecular flexibility index (Phi) is 6.01. The third-order valence-corrected chi connectivity index (χ3v) is 3.61. The first kappa shape index (κ1) is 17.0. The maximum atomic E-state index is 5.66. The summed E-state index contributed by atoms with van der Waals surface area (Å²) in [6.07, 6.45) is 0.683. The average Bonchev–Trinajstić information content (AvgIpc) is 3.15. The van der Waals surface area contributed by atoms with Crippen LogP contribution in [0.1, 0.15) is 5.89 Å². The summed E-state index contributed by atoms with van der Waals surface area (Å²) < 4.78 is 16.4. The Labute approximate surface area is 146 Å². The predicted octanol–water partition coefficient (Wildman–Crippen LogP) is 2.96. The van der Waals surface area contributed by atoms with Crippen LogP contribution in [0.25, 0.3) is 11.5 Å². The Morgan fingerprint density at radius 2 is 1.68 bits per heavy atom. The van der Waals surface area contributed by atoms with Crippen molar-refractivity contribution in [3.8, 4) is 23.0 Å². The summed E-state index contributed by atoms with van der Waals surface area (Å²) in [7, 11) is 1.64. The van der Waals surface area contributed by atoms with Crippen LogP contribution in [0.4, 0.5) is 0 Å². The van der Waals surface area contributed by atoms with E-state index in [1.54, 1.807) is 7.11 Å². The molecule has 130 valence electrons. The molecule has 2 aromatic carbocycles. The molecule has 1 heterocycles. The van der Waals surface area contributed by atoms with E-state index >= 15 is 0 Å². The molecule has 3 rings (SSSR count). The molecule has 1 aromatic heterocycles. The highest BCUT2D eigenvalue weighted by atomic mass is 16.5. The van der Waals surface area contributed by atoms with Gasteiger partial charge in [0.15, 0.2) is 0 Å². The van der Waals surface area contributed by atoms with Crippen LogP contribution >= 0.6 is 0 Å². The van der Waals surface area contributed by atoms with Crippen molar-refractivity contribution in [2.75, 3.05) is 26.8 Å².